The number of benzene rings is 1. The van der Waals surface area contributed by atoms with Gasteiger partial charge in [-0.25, -0.2) is 0 Å². The van der Waals surface area contributed by atoms with E-state index in [2.05, 4.69) is 40.7 Å². The van der Waals surface area contributed by atoms with Crippen LogP contribution in [0.4, 0.5) is 0 Å². The highest BCUT2D eigenvalue weighted by Crippen LogP contribution is 2.16. The molecule has 4 heteroatoms. The van der Waals surface area contributed by atoms with Crippen molar-refractivity contribution >= 4 is 23.9 Å². The molecule has 0 aliphatic rings. The maximum atomic E-state index is 5.02. The van der Waals surface area contributed by atoms with Crippen LogP contribution in [0.15, 0.2) is 33.7 Å². The van der Waals surface area contributed by atoms with Gasteiger partial charge in [0.15, 0.2) is 5.82 Å². The maximum absolute atomic E-state index is 5.02. The monoisotopic (exact) mass is 246 g/mol. The third kappa shape index (κ3) is 3.20. The fraction of sp³-hybridized carbons (Fsp3) is 0.231. The van der Waals surface area contributed by atoms with Gasteiger partial charge in [-0.1, -0.05) is 30.3 Å². The Labute approximate surface area is 105 Å². The second kappa shape index (κ2) is 5.68. The fourth-order valence-corrected chi connectivity index (χ4v) is 1.77. The van der Waals surface area contributed by atoms with Crippen LogP contribution in [0, 0.1) is 0 Å². The topological polar surface area (TPSA) is 38.9 Å². The van der Waals surface area contributed by atoms with Crippen molar-refractivity contribution in [2.75, 3.05) is 6.26 Å². The van der Waals surface area contributed by atoms with Crippen molar-refractivity contribution in [1.82, 2.24) is 10.1 Å². The highest BCUT2D eigenvalue weighted by atomic mass is 32.2. The summed E-state index contributed by atoms with van der Waals surface area (Å²) < 4.78 is 5.02. The number of hydrogen-bond acceptors (Lipinski definition) is 4. The largest absolute Gasteiger partial charge is 0.339 e. The van der Waals surface area contributed by atoms with Gasteiger partial charge in [-0.05, 0) is 30.0 Å². The van der Waals surface area contributed by atoms with E-state index in [1.54, 1.807) is 11.8 Å². The van der Waals surface area contributed by atoms with E-state index in [-0.39, 0.29) is 0 Å². The standard InChI is InChI=1S/C13H14N2OS/c1-3-13-14-12(15-16-13)9-6-10-4-7-11(17-2)8-5-10/h4-9H,3H2,1-2H3/b9-6+. The van der Waals surface area contributed by atoms with Crippen LogP contribution in [0.5, 0.6) is 0 Å². The van der Waals surface area contributed by atoms with Gasteiger partial charge in [-0.15, -0.1) is 11.8 Å². The van der Waals surface area contributed by atoms with Gasteiger partial charge >= 0.3 is 0 Å². The second-order valence-corrected chi connectivity index (χ2v) is 4.39. The summed E-state index contributed by atoms with van der Waals surface area (Å²) in [7, 11) is 0. The predicted octanol–water partition coefficient (Wildman–Crippen LogP) is 3.52. The van der Waals surface area contributed by atoms with Gasteiger partial charge in [0.1, 0.15) is 0 Å². The number of nitrogens with zero attached hydrogens (tertiary/aromatic N) is 2. The van der Waals surface area contributed by atoms with E-state index >= 15 is 0 Å². The lowest BCUT2D eigenvalue weighted by Crippen LogP contribution is -1.79. The molecule has 0 unspecified atom stereocenters. The first-order chi connectivity index (χ1) is 8.31. The van der Waals surface area contributed by atoms with Crippen LogP contribution in [-0.4, -0.2) is 16.4 Å². The van der Waals surface area contributed by atoms with Crippen LogP contribution < -0.4 is 0 Å². The molecule has 1 aromatic heterocycles. The zero-order valence-corrected chi connectivity index (χ0v) is 10.7. The van der Waals surface area contributed by atoms with Crippen molar-refractivity contribution in [3.05, 3.63) is 41.5 Å². The van der Waals surface area contributed by atoms with E-state index in [4.69, 9.17) is 4.52 Å². The van der Waals surface area contributed by atoms with Crippen LogP contribution in [0.25, 0.3) is 12.2 Å². The molecule has 3 nitrogen and oxygen atoms in total. The quantitative estimate of drug-likeness (QED) is 0.774. The van der Waals surface area contributed by atoms with E-state index in [0.717, 1.165) is 12.0 Å². The summed E-state index contributed by atoms with van der Waals surface area (Å²) in [5.74, 6) is 1.29. The number of aryl methyl sites for hydroxylation is 1. The molecule has 0 fully saturated rings. The van der Waals surface area contributed by atoms with Crippen LogP contribution in [0.3, 0.4) is 0 Å². The zero-order chi connectivity index (χ0) is 12.1. The lowest BCUT2D eigenvalue weighted by molar-refractivity contribution is 0.380. The summed E-state index contributed by atoms with van der Waals surface area (Å²) in [5, 5.41) is 3.86. The number of hydrogen-bond donors (Lipinski definition) is 0. The van der Waals surface area contributed by atoms with Gasteiger partial charge in [0.25, 0.3) is 0 Å². The van der Waals surface area contributed by atoms with E-state index in [0.29, 0.717) is 11.7 Å². The molecule has 1 aromatic carbocycles. The molecule has 0 bridgehead atoms. The second-order valence-electron chi connectivity index (χ2n) is 3.51. The van der Waals surface area contributed by atoms with Crippen LogP contribution in [0.1, 0.15) is 24.2 Å². The molecular formula is C13H14N2OS. The van der Waals surface area contributed by atoms with Gasteiger partial charge in [-0.2, -0.15) is 4.98 Å². The van der Waals surface area contributed by atoms with Gasteiger partial charge in [0.2, 0.25) is 5.89 Å². The van der Waals surface area contributed by atoms with E-state index in [1.165, 1.54) is 4.90 Å². The molecule has 2 aromatic rings. The molecule has 88 valence electrons. The fourth-order valence-electron chi connectivity index (χ4n) is 1.37. The van der Waals surface area contributed by atoms with Gasteiger partial charge in [-0.3, -0.25) is 0 Å². The number of thioether (sulfide) groups is 1. The minimum Gasteiger partial charge on any atom is -0.339 e. The molecule has 2 rings (SSSR count). The molecular weight excluding hydrogens is 232 g/mol. The lowest BCUT2D eigenvalue weighted by Gasteiger charge is -1.95. The van der Waals surface area contributed by atoms with Crippen LogP contribution in [-0.2, 0) is 6.42 Å². The molecule has 0 aliphatic heterocycles. The lowest BCUT2D eigenvalue weighted by atomic mass is 10.2. The van der Waals surface area contributed by atoms with Crippen molar-refractivity contribution in [1.29, 1.82) is 0 Å². The van der Waals surface area contributed by atoms with Crippen molar-refractivity contribution in [3.63, 3.8) is 0 Å². The molecule has 0 atom stereocenters. The average molecular weight is 246 g/mol. The van der Waals surface area contributed by atoms with E-state index < -0.39 is 0 Å². The first-order valence-corrected chi connectivity index (χ1v) is 6.69. The first-order valence-electron chi connectivity index (χ1n) is 5.46. The van der Waals surface area contributed by atoms with Crippen LogP contribution >= 0.6 is 11.8 Å². The molecule has 17 heavy (non-hydrogen) atoms. The predicted molar refractivity (Wildman–Crippen MR) is 70.8 cm³/mol. The summed E-state index contributed by atoms with van der Waals surface area (Å²) in [5.41, 5.74) is 1.13. The third-order valence-electron chi connectivity index (χ3n) is 2.33. The van der Waals surface area contributed by atoms with Gasteiger partial charge in [0.05, 0.1) is 0 Å². The Bertz CT molecular complexity index is 502. The molecule has 0 N–H and O–H groups in total. The molecule has 1 heterocycles. The molecule has 0 aliphatic carbocycles. The molecule has 0 amide bonds. The average Bonchev–Trinajstić information content (AvgIpc) is 2.85. The van der Waals surface area contributed by atoms with Crippen molar-refractivity contribution in [2.24, 2.45) is 0 Å². The summed E-state index contributed by atoms with van der Waals surface area (Å²) in [6, 6.07) is 8.34. The van der Waals surface area contributed by atoms with Crippen LogP contribution in [0.2, 0.25) is 0 Å². The SMILES string of the molecule is CCc1nc(/C=C/c2ccc(SC)cc2)no1. The minimum atomic E-state index is 0.621. The summed E-state index contributed by atoms with van der Waals surface area (Å²) in [6.07, 6.45) is 6.67. The Morgan fingerprint density at radius 1 is 1.24 bits per heavy atom. The first kappa shape index (κ1) is 11.9. The number of rotatable bonds is 4. The van der Waals surface area contributed by atoms with Gasteiger partial charge < -0.3 is 4.52 Å². The molecule has 0 saturated carbocycles. The molecule has 0 spiro atoms. The Balaban J connectivity index is 2.08. The third-order valence-corrected chi connectivity index (χ3v) is 3.07. The normalized spacial score (nSPS) is 11.2. The highest BCUT2D eigenvalue weighted by molar-refractivity contribution is 7.98. The van der Waals surface area contributed by atoms with Crippen molar-refractivity contribution < 1.29 is 4.52 Å². The summed E-state index contributed by atoms with van der Waals surface area (Å²) in [4.78, 5) is 5.47. The summed E-state index contributed by atoms with van der Waals surface area (Å²) in [6.45, 7) is 1.99. The molecule has 0 saturated heterocycles. The Morgan fingerprint density at radius 3 is 2.59 bits per heavy atom. The maximum Gasteiger partial charge on any atom is 0.226 e. The Hall–Kier alpha value is -1.55. The van der Waals surface area contributed by atoms with Crippen molar-refractivity contribution in [2.45, 2.75) is 18.2 Å². The van der Waals surface area contributed by atoms with E-state index in [1.807, 2.05) is 19.1 Å². The van der Waals surface area contributed by atoms with Crippen molar-refractivity contribution in [3.8, 4) is 0 Å². The smallest absolute Gasteiger partial charge is 0.226 e. The zero-order valence-electron chi connectivity index (χ0n) is 9.88. The minimum absolute atomic E-state index is 0.621. The van der Waals surface area contributed by atoms with E-state index in [9.17, 15) is 0 Å². The highest BCUT2D eigenvalue weighted by Gasteiger charge is 1.99. The molecule has 0 radical (unpaired) electrons. The summed E-state index contributed by atoms with van der Waals surface area (Å²) >= 11 is 1.73. The number of aromatic nitrogens is 2. The Morgan fingerprint density at radius 2 is 2.00 bits per heavy atom. The van der Waals surface area contributed by atoms with Gasteiger partial charge in [0, 0.05) is 11.3 Å². The Kier molecular flexibility index (Phi) is 3.98.